The molecular weight excluding hydrogens is 335 g/mol. The van der Waals surface area contributed by atoms with Crippen molar-refractivity contribution in [3.63, 3.8) is 0 Å². The predicted molar refractivity (Wildman–Crippen MR) is 79.3 cm³/mol. The SMILES string of the molecule is OC(Cc1ccc(Cl)cc1Cl)c1ccc(Br)cc1. The molecule has 4 heteroatoms. The molecule has 0 fully saturated rings. The highest BCUT2D eigenvalue weighted by atomic mass is 79.9. The first-order valence-electron chi connectivity index (χ1n) is 5.44. The summed E-state index contributed by atoms with van der Waals surface area (Å²) in [5, 5.41) is 11.3. The Kier molecular flexibility index (Phi) is 4.68. The lowest BCUT2D eigenvalue weighted by Gasteiger charge is -2.12. The summed E-state index contributed by atoms with van der Waals surface area (Å²) >= 11 is 15.3. The molecule has 1 nitrogen and oxygen atoms in total. The Morgan fingerprint density at radius 2 is 1.72 bits per heavy atom. The van der Waals surface area contributed by atoms with Gasteiger partial charge in [0.2, 0.25) is 0 Å². The van der Waals surface area contributed by atoms with Gasteiger partial charge in [0.05, 0.1) is 6.10 Å². The molecule has 0 heterocycles. The second kappa shape index (κ2) is 6.07. The van der Waals surface area contributed by atoms with Crippen molar-refractivity contribution in [2.24, 2.45) is 0 Å². The second-order valence-corrected chi connectivity index (χ2v) is 5.77. The molecular formula is C14H11BrCl2O. The highest BCUT2D eigenvalue weighted by molar-refractivity contribution is 9.10. The maximum atomic E-state index is 10.2. The van der Waals surface area contributed by atoms with E-state index in [0.29, 0.717) is 16.5 Å². The third-order valence-electron chi connectivity index (χ3n) is 2.68. The minimum atomic E-state index is -0.572. The number of aliphatic hydroxyl groups is 1. The maximum Gasteiger partial charge on any atom is 0.0830 e. The van der Waals surface area contributed by atoms with Crippen LogP contribution in [0.15, 0.2) is 46.9 Å². The standard InChI is InChI=1S/C14H11BrCl2O/c15-11-4-1-9(2-5-11)14(18)7-10-3-6-12(16)8-13(10)17/h1-6,8,14,18H,7H2. The first-order valence-corrected chi connectivity index (χ1v) is 6.98. The summed E-state index contributed by atoms with van der Waals surface area (Å²) in [6.45, 7) is 0. The minimum Gasteiger partial charge on any atom is -0.388 e. The van der Waals surface area contributed by atoms with E-state index >= 15 is 0 Å². The van der Waals surface area contributed by atoms with Crippen LogP contribution in [0.4, 0.5) is 0 Å². The molecule has 1 unspecified atom stereocenters. The fourth-order valence-electron chi connectivity index (χ4n) is 1.70. The maximum absolute atomic E-state index is 10.2. The summed E-state index contributed by atoms with van der Waals surface area (Å²) in [7, 11) is 0. The van der Waals surface area contributed by atoms with Crippen LogP contribution in [0.25, 0.3) is 0 Å². The largest absolute Gasteiger partial charge is 0.388 e. The van der Waals surface area contributed by atoms with Gasteiger partial charge in [-0.05, 0) is 35.4 Å². The van der Waals surface area contributed by atoms with E-state index < -0.39 is 6.10 Å². The predicted octanol–water partition coefficient (Wildman–Crippen LogP) is 5.03. The van der Waals surface area contributed by atoms with Crippen LogP contribution in [-0.2, 0) is 6.42 Å². The van der Waals surface area contributed by atoms with E-state index in [0.717, 1.165) is 15.6 Å². The topological polar surface area (TPSA) is 20.2 Å². The number of rotatable bonds is 3. The quantitative estimate of drug-likeness (QED) is 0.826. The van der Waals surface area contributed by atoms with Crippen molar-refractivity contribution in [1.82, 2.24) is 0 Å². The molecule has 94 valence electrons. The van der Waals surface area contributed by atoms with Crippen LogP contribution in [0.1, 0.15) is 17.2 Å². The van der Waals surface area contributed by atoms with Crippen LogP contribution in [0.2, 0.25) is 10.0 Å². The van der Waals surface area contributed by atoms with Crippen LogP contribution in [0, 0.1) is 0 Å². The Morgan fingerprint density at radius 1 is 1.06 bits per heavy atom. The van der Waals surface area contributed by atoms with Gasteiger partial charge in [0.15, 0.2) is 0 Å². The molecule has 2 aromatic carbocycles. The molecule has 2 rings (SSSR count). The summed E-state index contributed by atoms with van der Waals surface area (Å²) in [5.41, 5.74) is 1.75. The molecule has 0 aromatic heterocycles. The molecule has 0 aliphatic heterocycles. The van der Waals surface area contributed by atoms with E-state index in [9.17, 15) is 5.11 Å². The molecule has 1 atom stereocenters. The zero-order valence-electron chi connectivity index (χ0n) is 9.41. The molecule has 0 radical (unpaired) electrons. The zero-order valence-corrected chi connectivity index (χ0v) is 12.5. The van der Waals surface area contributed by atoms with Gasteiger partial charge >= 0.3 is 0 Å². The first kappa shape index (κ1) is 13.9. The first-order chi connectivity index (χ1) is 8.56. The Balaban J connectivity index is 2.15. The van der Waals surface area contributed by atoms with Crippen LogP contribution in [-0.4, -0.2) is 5.11 Å². The molecule has 0 aliphatic carbocycles. The molecule has 1 N–H and O–H groups in total. The molecule has 2 aromatic rings. The lowest BCUT2D eigenvalue weighted by molar-refractivity contribution is 0.178. The molecule has 0 saturated carbocycles. The van der Waals surface area contributed by atoms with E-state index in [2.05, 4.69) is 15.9 Å². The van der Waals surface area contributed by atoms with E-state index in [-0.39, 0.29) is 0 Å². The smallest absolute Gasteiger partial charge is 0.0830 e. The normalized spacial score (nSPS) is 12.4. The van der Waals surface area contributed by atoms with Crippen LogP contribution < -0.4 is 0 Å². The van der Waals surface area contributed by atoms with E-state index in [1.807, 2.05) is 30.3 Å². The van der Waals surface area contributed by atoms with Crippen LogP contribution >= 0.6 is 39.1 Å². The van der Waals surface area contributed by atoms with Crippen molar-refractivity contribution < 1.29 is 5.11 Å². The van der Waals surface area contributed by atoms with Gasteiger partial charge in [-0.25, -0.2) is 0 Å². The van der Waals surface area contributed by atoms with Gasteiger partial charge in [-0.2, -0.15) is 0 Å². The summed E-state index contributed by atoms with van der Waals surface area (Å²) in [6, 6.07) is 12.9. The van der Waals surface area contributed by atoms with Crippen molar-refractivity contribution in [2.75, 3.05) is 0 Å². The summed E-state index contributed by atoms with van der Waals surface area (Å²) < 4.78 is 0.989. The third kappa shape index (κ3) is 3.48. The van der Waals surface area contributed by atoms with Gasteiger partial charge in [-0.3, -0.25) is 0 Å². The van der Waals surface area contributed by atoms with Crippen molar-refractivity contribution in [1.29, 1.82) is 0 Å². The Hall–Kier alpha value is -0.540. The highest BCUT2D eigenvalue weighted by Gasteiger charge is 2.11. The van der Waals surface area contributed by atoms with Gasteiger partial charge in [0, 0.05) is 20.9 Å². The Labute approximate surface area is 124 Å². The molecule has 0 spiro atoms. The average molecular weight is 346 g/mol. The lowest BCUT2D eigenvalue weighted by atomic mass is 10.0. The van der Waals surface area contributed by atoms with E-state index in [4.69, 9.17) is 23.2 Å². The monoisotopic (exact) mass is 344 g/mol. The molecule has 0 saturated heterocycles. The number of benzene rings is 2. The second-order valence-electron chi connectivity index (χ2n) is 4.01. The third-order valence-corrected chi connectivity index (χ3v) is 3.80. The van der Waals surface area contributed by atoms with Gasteiger partial charge in [-0.1, -0.05) is 57.3 Å². The Morgan fingerprint density at radius 3 is 2.33 bits per heavy atom. The molecule has 0 amide bonds. The summed E-state index contributed by atoms with van der Waals surface area (Å²) in [5.74, 6) is 0. The minimum absolute atomic E-state index is 0.470. The molecule has 18 heavy (non-hydrogen) atoms. The van der Waals surface area contributed by atoms with E-state index in [1.165, 1.54) is 0 Å². The van der Waals surface area contributed by atoms with Gasteiger partial charge in [-0.15, -0.1) is 0 Å². The highest BCUT2D eigenvalue weighted by Crippen LogP contribution is 2.26. The number of halogens is 3. The van der Waals surface area contributed by atoms with Gasteiger partial charge in [0.25, 0.3) is 0 Å². The van der Waals surface area contributed by atoms with Crippen molar-refractivity contribution in [2.45, 2.75) is 12.5 Å². The number of aliphatic hydroxyl groups excluding tert-OH is 1. The zero-order chi connectivity index (χ0) is 13.1. The van der Waals surface area contributed by atoms with Gasteiger partial charge < -0.3 is 5.11 Å². The van der Waals surface area contributed by atoms with Gasteiger partial charge in [0.1, 0.15) is 0 Å². The average Bonchev–Trinajstić information content (AvgIpc) is 2.33. The number of hydrogen-bond donors (Lipinski definition) is 1. The fraction of sp³-hybridized carbons (Fsp3) is 0.143. The number of hydrogen-bond acceptors (Lipinski definition) is 1. The van der Waals surface area contributed by atoms with Crippen LogP contribution in [0.5, 0.6) is 0 Å². The molecule has 0 bridgehead atoms. The summed E-state index contributed by atoms with van der Waals surface area (Å²) in [4.78, 5) is 0. The van der Waals surface area contributed by atoms with Crippen LogP contribution in [0.3, 0.4) is 0 Å². The Bertz CT molecular complexity index is 540. The fourth-order valence-corrected chi connectivity index (χ4v) is 2.45. The van der Waals surface area contributed by atoms with Crippen molar-refractivity contribution in [3.8, 4) is 0 Å². The lowest BCUT2D eigenvalue weighted by Crippen LogP contribution is -2.02. The van der Waals surface area contributed by atoms with Crippen molar-refractivity contribution >= 4 is 39.1 Å². The molecule has 0 aliphatic rings. The van der Waals surface area contributed by atoms with Crippen molar-refractivity contribution in [3.05, 3.63) is 68.1 Å². The van der Waals surface area contributed by atoms with E-state index in [1.54, 1.807) is 12.1 Å². The summed E-state index contributed by atoms with van der Waals surface area (Å²) in [6.07, 6.45) is -0.103.